The van der Waals surface area contributed by atoms with E-state index in [1.54, 1.807) is 31.4 Å². The van der Waals surface area contributed by atoms with Gasteiger partial charge in [-0.2, -0.15) is 0 Å². The third-order valence-electron chi connectivity index (χ3n) is 4.54. The zero-order valence-corrected chi connectivity index (χ0v) is 17.1. The van der Waals surface area contributed by atoms with Gasteiger partial charge in [-0.3, -0.25) is 4.79 Å². The predicted octanol–water partition coefficient (Wildman–Crippen LogP) is 6.32. The van der Waals surface area contributed by atoms with Crippen LogP contribution in [0.5, 0.6) is 17.2 Å². The van der Waals surface area contributed by atoms with Gasteiger partial charge in [0.2, 0.25) is 0 Å². The van der Waals surface area contributed by atoms with E-state index < -0.39 is 0 Å². The van der Waals surface area contributed by atoms with Crippen molar-refractivity contribution in [1.82, 2.24) is 0 Å². The highest BCUT2D eigenvalue weighted by Crippen LogP contribution is 2.33. The quantitative estimate of drug-likeness (QED) is 0.550. The van der Waals surface area contributed by atoms with E-state index in [0.717, 1.165) is 16.7 Å². The van der Waals surface area contributed by atoms with Gasteiger partial charge in [-0.15, -0.1) is 0 Å². The Kier molecular flexibility index (Phi) is 5.90. The second-order valence-electron chi connectivity index (χ2n) is 6.63. The number of halogens is 1. The van der Waals surface area contributed by atoms with Crippen LogP contribution in [0.2, 0.25) is 5.02 Å². The lowest BCUT2D eigenvalue weighted by Crippen LogP contribution is -2.14. The zero-order valence-electron chi connectivity index (χ0n) is 16.3. The second-order valence-corrected chi connectivity index (χ2v) is 7.06. The van der Waals surface area contributed by atoms with E-state index in [2.05, 4.69) is 5.32 Å². The maximum atomic E-state index is 12.9. The fraction of sp³-hybridized carbons (Fsp3) is 0.174. The number of benzene rings is 3. The molecule has 0 unspecified atom stereocenters. The molecule has 0 heterocycles. The van der Waals surface area contributed by atoms with Crippen molar-refractivity contribution in [1.29, 1.82) is 0 Å². The van der Waals surface area contributed by atoms with Gasteiger partial charge in [0.1, 0.15) is 11.5 Å². The van der Waals surface area contributed by atoms with Crippen LogP contribution in [0.4, 0.5) is 5.69 Å². The maximum absolute atomic E-state index is 12.9. The summed E-state index contributed by atoms with van der Waals surface area (Å²) in [5.74, 6) is 1.56. The number of aryl methyl sites for hydroxylation is 3. The van der Waals surface area contributed by atoms with E-state index in [4.69, 9.17) is 21.1 Å². The standard InChI is InChI=1S/C23H22ClNO3/c1-14-10-16(3)20(11-15(14)2)23(26)25-21-12-17(24)8-9-22(21)28-19-7-5-6-18(13-19)27-4/h5-13H,1-4H3,(H,25,26). The molecule has 1 N–H and O–H groups in total. The number of hydrogen-bond acceptors (Lipinski definition) is 3. The Bertz CT molecular complexity index is 1030. The fourth-order valence-electron chi connectivity index (χ4n) is 2.88. The van der Waals surface area contributed by atoms with Crippen molar-refractivity contribution in [2.75, 3.05) is 12.4 Å². The number of ether oxygens (including phenoxy) is 2. The Labute approximate surface area is 170 Å². The minimum Gasteiger partial charge on any atom is -0.497 e. The normalized spacial score (nSPS) is 10.5. The van der Waals surface area contributed by atoms with Crippen LogP contribution in [0, 0.1) is 20.8 Å². The van der Waals surface area contributed by atoms with Crippen LogP contribution >= 0.6 is 11.6 Å². The number of carbonyl (C=O) groups excluding carboxylic acids is 1. The predicted molar refractivity (Wildman–Crippen MR) is 113 cm³/mol. The summed E-state index contributed by atoms with van der Waals surface area (Å²) in [6.45, 7) is 5.94. The van der Waals surface area contributed by atoms with Gasteiger partial charge in [0.25, 0.3) is 5.91 Å². The Morgan fingerprint density at radius 1 is 0.893 bits per heavy atom. The van der Waals surface area contributed by atoms with E-state index >= 15 is 0 Å². The number of amides is 1. The smallest absolute Gasteiger partial charge is 0.256 e. The van der Waals surface area contributed by atoms with E-state index in [1.165, 1.54) is 0 Å². The molecule has 5 heteroatoms. The molecule has 0 atom stereocenters. The van der Waals surface area contributed by atoms with Gasteiger partial charge in [-0.1, -0.05) is 23.7 Å². The van der Waals surface area contributed by atoms with Crippen LogP contribution in [0.3, 0.4) is 0 Å². The van der Waals surface area contributed by atoms with E-state index in [-0.39, 0.29) is 5.91 Å². The molecule has 0 spiro atoms. The van der Waals surface area contributed by atoms with Crippen molar-refractivity contribution >= 4 is 23.2 Å². The van der Waals surface area contributed by atoms with Crippen LogP contribution in [0.15, 0.2) is 54.6 Å². The molecule has 0 aliphatic rings. The average molecular weight is 396 g/mol. The molecule has 0 bridgehead atoms. The summed E-state index contributed by atoms with van der Waals surface area (Å²) in [6, 6.07) is 16.3. The lowest BCUT2D eigenvalue weighted by molar-refractivity contribution is 0.102. The van der Waals surface area contributed by atoms with Crippen LogP contribution < -0.4 is 14.8 Å². The van der Waals surface area contributed by atoms with Crippen LogP contribution in [0.1, 0.15) is 27.0 Å². The highest BCUT2D eigenvalue weighted by atomic mass is 35.5. The Hall–Kier alpha value is -2.98. The first-order valence-electron chi connectivity index (χ1n) is 8.88. The lowest BCUT2D eigenvalue weighted by atomic mass is 10.0. The van der Waals surface area contributed by atoms with Gasteiger partial charge >= 0.3 is 0 Å². The number of methoxy groups -OCH3 is 1. The van der Waals surface area contributed by atoms with Gasteiger partial charge in [0.05, 0.1) is 12.8 Å². The van der Waals surface area contributed by atoms with Crippen molar-refractivity contribution in [2.45, 2.75) is 20.8 Å². The molecule has 3 rings (SSSR count). The number of carbonyl (C=O) groups is 1. The van der Waals surface area contributed by atoms with Crippen molar-refractivity contribution in [3.05, 3.63) is 81.9 Å². The molecule has 0 fully saturated rings. The first-order valence-corrected chi connectivity index (χ1v) is 9.26. The molecule has 0 saturated heterocycles. The molecule has 3 aromatic rings. The lowest BCUT2D eigenvalue weighted by Gasteiger charge is -2.15. The summed E-state index contributed by atoms with van der Waals surface area (Å²) in [5.41, 5.74) is 4.25. The number of rotatable bonds is 5. The van der Waals surface area contributed by atoms with Crippen molar-refractivity contribution < 1.29 is 14.3 Å². The van der Waals surface area contributed by atoms with Gasteiger partial charge in [-0.25, -0.2) is 0 Å². The summed E-state index contributed by atoms with van der Waals surface area (Å²) < 4.78 is 11.2. The number of hydrogen-bond donors (Lipinski definition) is 1. The van der Waals surface area contributed by atoms with Crippen LogP contribution in [-0.4, -0.2) is 13.0 Å². The van der Waals surface area contributed by atoms with E-state index in [9.17, 15) is 4.79 Å². The van der Waals surface area contributed by atoms with Crippen molar-refractivity contribution in [2.24, 2.45) is 0 Å². The third-order valence-corrected chi connectivity index (χ3v) is 4.78. The first kappa shape index (κ1) is 19.8. The fourth-order valence-corrected chi connectivity index (χ4v) is 3.05. The Morgan fingerprint density at radius 3 is 2.36 bits per heavy atom. The Morgan fingerprint density at radius 2 is 1.61 bits per heavy atom. The molecule has 1 amide bonds. The SMILES string of the molecule is COc1cccc(Oc2ccc(Cl)cc2NC(=O)c2cc(C)c(C)cc2C)c1. The summed E-state index contributed by atoms with van der Waals surface area (Å²) in [4.78, 5) is 12.9. The summed E-state index contributed by atoms with van der Waals surface area (Å²) >= 11 is 6.15. The molecule has 0 aliphatic heterocycles. The topological polar surface area (TPSA) is 47.6 Å². The summed E-state index contributed by atoms with van der Waals surface area (Å²) in [5, 5.41) is 3.43. The largest absolute Gasteiger partial charge is 0.497 e. The van der Waals surface area contributed by atoms with E-state index in [1.807, 2.05) is 51.1 Å². The van der Waals surface area contributed by atoms with Crippen LogP contribution in [-0.2, 0) is 0 Å². The zero-order chi connectivity index (χ0) is 20.3. The maximum Gasteiger partial charge on any atom is 0.256 e. The van der Waals surface area contributed by atoms with E-state index in [0.29, 0.717) is 33.5 Å². The van der Waals surface area contributed by atoms with Crippen molar-refractivity contribution in [3.63, 3.8) is 0 Å². The highest BCUT2D eigenvalue weighted by molar-refractivity contribution is 6.31. The highest BCUT2D eigenvalue weighted by Gasteiger charge is 2.15. The molecule has 0 saturated carbocycles. The van der Waals surface area contributed by atoms with Crippen LogP contribution in [0.25, 0.3) is 0 Å². The third kappa shape index (κ3) is 4.46. The molecule has 0 radical (unpaired) electrons. The molecule has 0 aromatic heterocycles. The van der Waals surface area contributed by atoms with Gasteiger partial charge < -0.3 is 14.8 Å². The number of nitrogens with one attached hydrogen (secondary N) is 1. The first-order chi connectivity index (χ1) is 13.4. The molecule has 3 aromatic carbocycles. The van der Waals surface area contributed by atoms with Crippen molar-refractivity contribution in [3.8, 4) is 17.2 Å². The summed E-state index contributed by atoms with van der Waals surface area (Å²) in [6.07, 6.45) is 0. The monoisotopic (exact) mass is 395 g/mol. The van der Waals surface area contributed by atoms with Gasteiger partial charge in [0.15, 0.2) is 5.75 Å². The Balaban J connectivity index is 1.90. The van der Waals surface area contributed by atoms with Gasteiger partial charge in [0, 0.05) is 16.7 Å². The second kappa shape index (κ2) is 8.36. The minimum atomic E-state index is -0.210. The molecule has 28 heavy (non-hydrogen) atoms. The molecule has 4 nitrogen and oxygen atoms in total. The van der Waals surface area contributed by atoms with Gasteiger partial charge in [-0.05, 0) is 73.9 Å². The minimum absolute atomic E-state index is 0.210. The molecule has 0 aliphatic carbocycles. The number of anilines is 1. The summed E-state index contributed by atoms with van der Waals surface area (Å²) in [7, 11) is 1.60. The molecular formula is C23H22ClNO3. The molecular weight excluding hydrogens is 374 g/mol. The average Bonchev–Trinajstić information content (AvgIpc) is 2.67. The molecule has 144 valence electrons.